The molecule has 0 fully saturated rings. The molecule has 2 aromatic carbocycles. The van der Waals surface area contributed by atoms with Gasteiger partial charge in [0.2, 0.25) is 0 Å². The van der Waals surface area contributed by atoms with Crippen molar-refractivity contribution < 1.29 is 23.5 Å². The molecule has 0 aromatic heterocycles. The number of ether oxygens (including phenoxy) is 2. The molecular formula is C27H30FN3O4. The van der Waals surface area contributed by atoms with Gasteiger partial charge in [-0.15, -0.1) is 0 Å². The average molecular weight is 480 g/mol. The molecule has 2 bridgehead atoms. The highest BCUT2D eigenvalue weighted by molar-refractivity contribution is 6.07. The number of fused-ring (bicyclic) bond motifs is 2. The number of likely N-dealkylation sites (N-methyl/N-ethyl adjacent to an activating group) is 1. The number of benzene rings is 2. The minimum Gasteiger partial charge on any atom is -0.466 e. The Hall–Kier alpha value is -3.49. The van der Waals surface area contributed by atoms with Gasteiger partial charge in [0.15, 0.2) is 0 Å². The monoisotopic (exact) mass is 479 g/mol. The topological polar surface area (TPSA) is 79.9 Å². The van der Waals surface area contributed by atoms with E-state index in [0.29, 0.717) is 25.2 Å². The minimum absolute atomic E-state index is 0.186. The molecule has 0 aliphatic carbocycles. The summed E-state index contributed by atoms with van der Waals surface area (Å²) in [6.07, 6.45) is 3.44. The van der Waals surface area contributed by atoms with E-state index in [1.54, 1.807) is 18.2 Å². The standard InChI is InChI=1S/C27H30FN3O4/c1-31(2)16-15-29-25(32)23-21-13-14-27(35-21,24(23)26(33)34-3)22(17-18-7-5-4-6-8-18)30-20-11-9-19(28)10-12-20/h4-14,21-22,30H,15-17H2,1-3H3,(H,29,32). The van der Waals surface area contributed by atoms with E-state index < -0.39 is 23.7 Å². The predicted octanol–water partition coefficient (Wildman–Crippen LogP) is 2.70. The van der Waals surface area contributed by atoms with Crippen LogP contribution < -0.4 is 10.6 Å². The first kappa shape index (κ1) is 24.6. The van der Waals surface area contributed by atoms with Gasteiger partial charge in [-0.3, -0.25) is 4.79 Å². The summed E-state index contributed by atoms with van der Waals surface area (Å²) in [5, 5.41) is 6.31. The molecule has 2 aliphatic rings. The van der Waals surface area contributed by atoms with Gasteiger partial charge in [-0.05, 0) is 56.4 Å². The number of halogens is 1. The van der Waals surface area contributed by atoms with E-state index in [1.165, 1.54) is 19.2 Å². The van der Waals surface area contributed by atoms with Crippen molar-refractivity contribution in [3.05, 3.63) is 89.3 Å². The van der Waals surface area contributed by atoms with E-state index in [9.17, 15) is 14.0 Å². The minimum atomic E-state index is -1.24. The maximum atomic E-state index is 13.5. The highest BCUT2D eigenvalue weighted by Crippen LogP contribution is 2.47. The van der Waals surface area contributed by atoms with Gasteiger partial charge < -0.3 is 25.0 Å². The molecule has 35 heavy (non-hydrogen) atoms. The number of nitrogens with one attached hydrogen (secondary N) is 2. The summed E-state index contributed by atoms with van der Waals surface area (Å²) in [5.74, 6) is -1.32. The third-order valence-corrected chi connectivity index (χ3v) is 6.25. The van der Waals surface area contributed by atoms with Crippen molar-refractivity contribution >= 4 is 17.6 Å². The summed E-state index contributed by atoms with van der Waals surface area (Å²) in [4.78, 5) is 28.3. The van der Waals surface area contributed by atoms with Gasteiger partial charge in [-0.25, -0.2) is 9.18 Å². The Kier molecular flexibility index (Phi) is 7.33. The van der Waals surface area contributed by atoms with E-state index in [1.807, 2.05) is 55.4 Å². The molecule has 2 heterocycles. The lowest BCUT2D eigenvalue weighted by atomic mass is 9.78. The van der Waals surface area contributed by atoms with Crippen molar-refractivity contribution in [2.45, 2.75) is 24.2 Å². The second-order valence-electron chi connectivity index (χ2n) is 8.92. The van der Waals surface area contributed by atoms with Crippen molar-refractivity contribution in [3.63, 3.8) is 0 Å². The zero-order valence-corrected chi connectivity index (χ0v) is 20.1. The highest BCUT2D eigenvalue weighted by atomic mass is 19.1. The molecular weight excluding hydrogens is 449 g/mol. The van der Waals surface area contributed by atoms with Crippen molar-refractivity contribution in [2.24, 2.45) is 0 Å². The van der Waals surface area contributed by atoms with Crippen molar-refractivity contribution in [1.29, 1.82) is 0 Å². The quantitative estimate of drug-likeness (QED) is 0.403. The lowest BCUT2D eigenvalue weighted by Crippen LogP contribution is -2.49. The molecule has 3 unspecified atom stereocenters. The number of hydrogen-bond acceptors (Lipinski definition) is 6. The predicted molar refractivity (Wildman–Crippen MR) is 131 cm³/mol. The summed E-state index contributed by atoms with van der Waals surface area (Å²) in [6.45, 7) is 1.08. The van der Waals surface area contributed by atoms with Crippen LogP contribution in [-0.2, 0) is 25.5 Å². The number of esters is 1. The number of carbonyl (C=O) groups excluding carboxylic acids is 2. The van der Waals surface area contributed by atoms with E-state index in [2.05, 4.69) is 10.6 Å². The van der Waals surface area contributed by atoms with Gasteiger partial charge in [0, 0.05) is 18.8 Å². The third kappa shape index (κ3) is 5.13. The van der Waals surface area contributed by atoms with Gasteiger partial charge in [0.25, 0.3) is 5.91 Å². The first-order chi connectivity index (χ1) is 16.8. The van der Waals surface area contributed by atoms with Crippen LogP contribution >= 0.6 is 0 Å². The number of nitrogens with zero attached hydrogens (tertiary/aromatic N) is 1. The third-order valence-electron chi connectivity index (χ3n) is 6.25. The maximum absolute atomic E-state index is 13.5. The van der Waals surface area contributed by atoms with Crippen molar-refractivity contribution in [1.82, 2.24) is 10.2 Å². The van der Waals surface area contributed by atoms with E-state index in [0.717, 1.165) is 5.56 Å². The van der Waals surface area contributed by atoms with Crippen LogP contribution in [-0.4, -0.2) is 68.8 Å². The summed E-state index contributed by atoms with van der Waals surface area (Å²) in [5.41, 5.74) is 0.878. The Bertz CT molecular complexity index is 1130. The fraction of sp³-hybridized carbons (Fsp3) is 0.333. The molecule has 2 aliphatic heterocycles. The summed E-state index contributed by atoms with van der Waals surface area (Å²) in [6, 6.07) is 15.3. The Morgan fingerprint density at radius 2 is 1.86 bits per heavy atom. The smallest absolute Gasteiger partial charge is 0.337 e. The highest BCUT2D eigenvalue weighted by Gasteiger charge is 2.58. The largest absolute Gasteiger partial charge is 0.466 e. The van der Waals surface area contributed by atoms with Crippen molar-refractivity contribution in [3.8, 4) is 0 Å². The fourth-order valence-electron chi connectivity index (χ4n) is 4.55. The van der Waals surface area contributed by atoms with Gasteiger partial charge >= 0.3 is 5.97 Å². The summed E-state index contributed by atoms with van der Waals surface area (Å²) in [7, 11) is 5.12. The van der Waals surface area contributed by atoms with Crippen LogP contribution in [0, 0.1) is 5.82 Å². The van der Waals surface area contributed by atoms with Gasteiger partial charge in [0.05, 0.1) is 24.3 Å². The second-order valence-corrected chi connectivity index (χ2v) is 8.92. The SMILES string of the molecule is COC(=O)C1=C(C(=O)NCCN(C)C)C2C=CC1(C(Cc1ccccc1)Nc1ccc(F)cc1)O2. The van der Waals surface area contributed by atoms with Crippen molar-refractivity contribution in [2.75, 3.05) is 39.6 Å². The number of methoxy groups -OCH3 is 1. The van der Waals surface area contributed by atoms with E-state index in [-0.39, 0.29) is 22.9 Å². The van der Waals surface area contributed by atoms with Crippen LogP contribution in [0.25, 0.3) is 0 Å². The molecule has 4 rings (SSSR count). The van der Waals surface area contributed by atoms with Crippen LogP contribution in [0.5, 0.6) is 0 Å². The number of amides is 1. The molecule has 7 nitrogen and oxygen atoms in total. The van der Waals surface area contributed by atoms with Gasteiger partial charge in [0.1, 0.15) is 17.5 Å². The second kappa shape index (κ2) is 10.4. The van der Waals surface area contributed by atoms with E-state index >= 15 is 0 Å². The summed E-state index contributed by atoms with van der Waals surface area (Å²) >= 11 is 0. The Morgan fingerprint density at radius 1 is 1.14 bits per heavy atom. The fourth-order valence-corrected chi connectivity index (χ4v) is 4.55. The number of rotatable bonds is 10. The molecule has 2 aromatic rings. The van der Waals surface area contributed by atoms with Crippen LogP contribution in [0.3, 0.4) is 0 Å². The van der Waals surface area contributed by atoms with Crippen LogP contribution in [0.4, 0.5) is 10.1 Å². The zero-order valence-electron chi connectivity index (χ0n) is 20.1. The molecule has 184 valence electrons. The number of carbonyl (C=O) groups is 2. The molecule has 0 saturated carbocycles. The maximum Gasteiger partial charge on any atom is 0.337 e. The zero-order chi connectivity index (χ0) is 25.0. The lowest BCUT2D eigenvalue weighted by Gasteiger charge is -2.36. The van der Waals surface area contributed by atoms with Crippen LogP contribution in [0.2, 0.25) is 0 Å². The summed E-state index contributed by atoms with van der Waals surface area (Å²) < 4.78 is 25.1. The Labute approximate surface area is 204 Å². The molecule has 1 amide bonds. The molecule has 0 spiro atoms. The van der Waals surface area contributed by atoms with Gasteiger partial charge in [-0.1, -0.05) is 36.4 Å². The van der Waals surface area contributed by atoms with Gasteiger partial charge in [-0.2, -0.15) is 0 Å². The lowest BCUT2D eigenvalue weighted by molar-refractivity contribution is -0.138. The normalized spacial score (nSPS) is 21.3. The number of anilines is 1. The molecule has 0 saturated heterocycles. The Morgan fingerprint density at radius 3 is 2.51 bits per heavy atom. The first-order valence-electron chi connectivity index (χ1n) is 11.5. The van der Waals surface area contributed by atoms with Crippen LogP contribution in [0.15, 0.2) is 77.9 Å². The van der Waals surface area contributed by atoms with E-state index in [4.69, 9.17) is 9.47 Å². The number of hydrogen-bond donors (Lipinski definition) is 2. The van der Waals surface area contributed by atoms with Crippen LogP contribution in [0.1, 0.15) is 5.56 Å². The molecule has 2 N–H and O–H groups in total. The average Bonchev–Trinajstić information content (AvgIpc) is 3.43. The first-order valence-corrected chi connectivity index (χ1v) is 11.5. The molecule has 3 atom stereocenters. The Balaban J connectivity index is 1.74. The molecule has 8 heteroatoms. The molecule has 0 radical (unpaired) electrons.